The van der Waals surface area contributed by atoms with Crippen molar-refractivity contribution in [1.82, 2.24) is 5.32 Å². The molecule has 1 aromatic carbocycles. The SMILES string of the molecule is FC(F)F.Oc1ccc(OCC2CCCNC2)cc1. The Hall–Kier alpha value is -1.43. The monoisotopic (exact) mass is 277 g/mol. The zero-order valence-electron chi connectivity index (χ0n) is 10.5. The summed E-state index contributed by atoms with van der Waals surface area (Å²) < 4.78 is 34.6. The van der Waals surface area contributed by atoms with E-state index in [9.17, 15) is 13.2 Å². The molecular weight excluding hydrogens is 259 g/mol. The zero-order chi connectivity index (χ0) is 14.1. The van der Waals surface area contributed by atoms with E-state index in [1.807, 2.05) is 0 Å². The van der Waals surface area contributed by atoms with E-state index in [4.69, 9.17) is 9.84 Å². The van der Waals surface area contributed by atoms with Gasteiger partial charge in [-0.1, -0.05) is 0 Å². The highest BCUT2D eigenvalue weighted by Gasteiger charge is 2.13. The summed E-state index contributed by atoms with van der Waals surface area (Å²) in [4.78, 5) is 0. The molecule has 1 aromatic rings. The van der Waals surface area contributed by atoms with Crippen LogP contribution in [0.3, 0.4) is 0 Å². The van der Waals surface area contributed by atoms with Gasteiger partial charge in [0.2, 0.25) is 0 Å². The number of nitrogens with one attached hydrogen (secondary N) is 1. The van der Waals surface area contributed by atoms with Gasteiger partial charge in [-0.25, -0.2) is 0 Å². The lowest BCUT2D eigenvalue weighted by atomic mass is 10.0. The molecule has 0 radical (unpaired) electrons. The summed E-state index contributed by atoms with van der Waals surface area (Å²) in [6, 6.07) is 6.89. The minimum Gasteiger partial charge on any atom is -0.508 e. The first-order valence-corrected chi connectivity index (χ1v) is 6.12. The number of rotatable bonds is 3. The predicted molar refractivity (Wildman–Crippen MR) is 66.3 cm³/mol. The quantitative estimate of drug-likeness (QED) is 0.892. The van der Waals surface area contributed by atoms with Crippen molar-refractivity contribution < 1.29 is 23.0 Å². The van der Waals surface area contributed by atoms with Gasteiger partial charge < -0.3 is 15.2 Å². The van der Waals surface area contributed by atoms with Crippen LogP contribution in [0.15, 0.2) is 24.3 Å². The lowest BCUT2D eigenvalue weighted by Gasteiger charge is -2.22. The molecule has 0 bridgehead atoms. The number of piperidine rings is 1. The number of benzene rings is 1. The van der Waals surface area contributed by atoms with E-state index in [2.05, 4.69) is 5.32 Å². The van der Waals surface area contributed by atoms with Crippen LogP contribution in [0.2, 0.25) is 0 Å². The summed E-state index contributed by atoms with van der Waals surface area (Å²) in [7, 11) is 0. The number of ether oxygens (including phenoxy) is 1. The Morgan fingerprint density at radius 2 is 1.89 bits per heavy atom. The van der Waals surface area contributed by atoms with Gasteiger partial charge in [0.05, 0.1) is 6.61 Å². The van der Waals surface area contributed by atoms with E-state index in [1.165, 1.54) is 12.8 Å². The van der Waals surface area contributed by atoms with Crippen molar-refractivity contribution in [3.8, 4) is 11.5 Å². The molecule has 0 aliphatic carbocycles. The lowest BCUT2D eigenvalue weighted by molar-refractivity contribution is 0.00819. The summed E-state index contributed by atoms with van der Waals surface area (Å²) in [5.74, 6) is 1.73. The van der Waals surface area contributed by atoms with Gasteiger partial charge in [-0.2, -0.15) is 13.2 Å². The Balaban J connectivity index is 0.000000399. The van der Waals surface area contributed by atoms with Crippen LogP contribution in [-0.4, -0.2) is 31.5 Å². The predicted octanol–water partition coefficient (Wildman–Crippen LogP) is 2.95. The number of halogens is 3. The Morgan fingerprint density at radius 1 is 1.26 bits per heavy atom. The van der Waals surface area contributed by atoms with E-state index >= 15 is 0 Å². The summed E-state index contributed by atoms with van der Waals surface area (Å²) in [5, 5.41) is 12.5. The van der Waals surface area contributed by atoms with E-state index in [0.29, 0.717) is 5.92 Å². The first-order valence-electron chi connectivity index (χ1n) is 6.12. The molecule has 19 heavy (non-hydrogen) atoms. The van der Waals surface area contributed by atoms with Crippen LogP contribution in [0, 0.1) is 5.92 Å². The van der Waals surface area contributed by atoms with Crippen LogP contribution in [0.5, 0.6) is 11.5 Å². The fourth-order valence-electron chi connectivity index (χ4n) is 1.82. The standard InChI is InChI=1S/C12H17NO2.CHF3/c14-11-3-5-12(6-4-11)15-9-10-2-1-7-13-8-10;2-1(3)4/h3-6,10,13-14H,1-2,7-9H2;1H. The molecule has 2 rings (SSSR count). The lowest BCUT2D eigenvalue weighted by Crippen LogP contribution is -2.33. The third-order valence-corrected chi connectivity index (χ3v) is 2.72. The maximum Gasteiger partial charge on any atom is 0.379 e. The number of phenolic OH excluding ortho intramolecular Hbond substituents is 1. The molecule has 0 aromatic heterocycles. The smallest absolute Gasteiger partial charge is 0.379 e. The van der Waals surface area contributed by atoms with Crippen molar-refractivity contribution in [2.75, 3.05) is 19.7 Å². The Labute approximate surface area is 110 Å². The minimum atomic E-state index is -3.67. The Kier molecular flexibility index (Phi) is 7.10. The average molecular weight is 277 g/mol. The van der Waals surface area contributed by atoms with Crippen molar-refractivity contribution in [3.05, 3.63) is 24.3 Å². The van der Waals surface area contributed by atoms with Gasteiger partial charge in [-0.15, -0.1) is 0 Å². The number of aromatic hydroxyl groups is 1. The van der Waals surface area contributed by atoms with E-state index in [1.54, 1.807) is 24.3 Å². The van der Waals surface area contributed by atoms with Gasteiger partial charge in [-0.3, -0.25) is 0 Å². The van der Waals surface area contributed by atoms with E-state index < -0.39 is 6.68 Å². The summed E-state index contributed by atoms with van der Waals surface area (Å²) in [6.45, 7) is -0.717. The van der Waals surface area contributed by atoms with Crippen molar-refractivity contribution >= 4 is 0 Å². The second-order valence-corrected chi connectivity index (χ2v) is 4.26. The van der Waals surface area contributed by atoms with Crippen molar-refractivity contribution in [2.24, 2.45) is 5.92 Å². The molecule has 6 heteroatoms. The molecule has 1 aliphatic rings. The molecule has 0 spiro atoms. The molecule has 1 atom stereocenters. The first-order chi connectivity index (χ1) is 9.08. The van der Waals surface area contributed by atoms with Crippen LogP contribution in [0.25, 0.3) is 0 Å². The molecule has 1 unspecified atom stereocenters. The summed E-state index contributed by atoms with van der Waals surface area (Å²) in [5.41, 5.74) is 0. The summed E-state index contributed by atoms with van der Waals surface area (Å²) in [6.07, 6.45) is 2.48. The van der Waals surface area contributed by atoms with E-state index in [0.717, 1.165) is 25.4 Å². The van der Waals surface area contributed by atoms with Gasteiger partial charge in [0, 0.05) is 12.5 Å². The Bertz CT molecular complexity index is 337. The molecular formula is C13H18F3NO2. The third-order valence-electron chi connectivity index (χ3n) is 2.72. The molecule has 1 saturated heterocycles. The molecule has 0 saturated carbocycles. The fraction of sp³-hybridized carbons (Fsp3) is 0.538. The van der Waals surface area contributed by atoms with Crippen molar-refractivity contribution in [1.29, 1.82) is 0 Å². The van der Waals surface area contributed by atoms with Gasteiger partial charge in [0.15, 0.2) is 0 Å². The molecule has 3 nitrogen and oxygen atoms in total. The summed E-state index contributed by atoms with van der Waals surface area (Å²) >= 11 is 0. The molecule has 1 aliphatic heterocycles. The highest BCUT2D eigenvalue weighted by atomic mass is 19.4. The highest BCUT2D eigenvalue weighted by molar-refractivity contribution is 5.30. The molecule has 108 valence electrons. The third kappa shape index (κ3) is 7.56. The van der Waals surface area contributed by atoms with Crippen molar-refractivity contribution in [2.45, 2.75) is 19.5 Å². The molecule has 2 N–H and O–H groups in total. The van der Waals surface area contributed by atoms with Crippen LogP contribution >= 0.6 is 0 Å². The maximum atomic E-state index is 9.67. The van der Waals surface area contributed by atoms with Crippen LogP contribution < -0.4 is 10.1 Å². The molecule has 1 fully saturated rings. The zero-order valence-corrected chi connectivity index (χ0v) is 10.5. The van der Waals surface area contributed by atoms with Gasteiger partial charge in [0.1, 0.15) is 11.5 Å². The topological polar surface area (TPSA) is 41.5 Å². The Morgan fingerprint density at radius 3 is 2.42 bits per heavy atom. The normalized spacial score (nSPS) is 18.6. The maximum absolute atomic E-state index is 9.67. The van der Waals surface area contributed by atoms with Crippen molar-refractivity contribution in [3.63, 3.8) is 0 Å². The highest BCUT2D eigenvalue weighted by Crippen LogP contribution is 2.18. The minimum absolute atomic E-state index is 0.279. The first kappa shape index (κ1) is 15.6. The average Bonchev–Trinajstić information content (AvgIpc) is 2.39. The van der Waals surface area contributed by atoms with Gasteiger partial charge in [0.25, 0.3) is 0 Å². The van der Waals surface area contributed by atoms with Crippen LogP contribution in [0.1, 0.15) is 12.8 Å². The number of alkyl halides is 3. The molecule has 0 amide bonds. The number of hydrogen-bond acceptors (Lipinski definition) is 3. The second kappa shape index (κ2) is 8.63. The van der Waals surface area contributed by atoms with Crippen LogP contribution in [0.4, 0.5) is 13.2 Å². The van der Waals surface area contributed by atoms with Gasteiger partial charge >= 0.3 is 6.68 Å². The number of phenols is 1. The fourth-order valence-corrected chi connectivity index (χ4v) is 1.82. The largest absolute Gasteiger partial charge is 0.508 e. The number of hydrogen-bond donors (Lipinski definition) is 2. The van der Waals surface area contributed by atoms with Gasteiger partial charge in [-0.05, 0) is 43.7 Å². The second-order valence-electron chi connectivity index (χ2n) is 4.26. The molecule has 1 heterocycles. The van der Waals surface area contributed by atoms with Crippen LogP contribution in [-0.2, 0) is 0 Å². The van der Waals surface area contributed by atoms with E-state index in [-0.39, 0.29) is 5.75 Å².